The van der Waals surface area contributed by atoms with E-state index in [0.29, 0.717) is 11.1 Å². The van der Waals surface area contributed by atoms with E-state index in [1.54, 1.807) is 13.0 Å². The van der Waals surface area contributed by atoms with Crippen molar-refractivity contribution in [3.63, 3.8) is 0 Å². The van der Waals surface area contributed by atoms with Crippen LogP contribution in [0.3, 0.4) is 0 Å². The van der Waals surface area contributed by atoms with Gasteiger partial charge in [0.05, 0.1) is 24.6 Å². The van der Waals surface area contributed by atoms with Crippen LogP contribution < -0.4 is 9.64 Å². The van der Waals surface area contributed by atoms with Crippen molar-refractivity contribution in [3.8, 4) is 11.5 Å². The van der Waals surface area contributed by atoms with Crippen molar-refractivity contribution in [1.82, 2.24) is 4.90 Å². The Balaban J connectivity index is 1.57. The molecule has 0 aromatic heterocycles. The number of anilines is 1. The number of nitrogens with zero attached hydrogens (tertiary/aromatic N) is 2. The van der Waals surface area contributed by atoms with E-state index >= 15 is 0 Å². The molecule has 4 amide bonds. The molecule has 6 atom stereocenters. The van der Waals surface area contributed by atoms with Crippen molar-refractivity contribution in [2.24, 2.45) is 17.8 Å². The molecule has 208 valence electrons. The van der Waals surface area contributed by atoms with Crippen molar-refractivity contribution >= 4 is 52.5 Å². The van der Waals surface area contributed by atoms with Crippen LogP contribution in [0.25, 0.3) is 0 Å². The summed E-state index contributed by atoms with van der Waals surface area (Å²) in [6, 6.07) is 9.35. The first kappa shape index (κ1) is 26.8. The third-order valence-electron chi connectivity index (χ3n) is 8.84. The quantitative estimate of drug-likeness (QED) is 0.328. The maximum Gasteiger partial charge on any atom is 0.258 e. The zero-order chi connectivity index (χ0) is 28.7. The monoisotopic (exact) mass is 586 g/mol. The molecule has 1 N–H and O–H groups in total. The van der Waals surface area contributed by atoms with E-state index in [1.165, 1.54) is 36.3 Å². The number of phenolic OH excluding ortho intramolecular Hbond substituents is 1. The van der Waals surface area contributed by atoms with E-state index in [1.807, 2.05) is 6.08 Å². The molecule has 4 aliphatic rings. The maximum atomic E-state index is 14.2. The molecular weight excluding hydrogens is 562 g/mol. The molecule has 0 spiro atoms. The SMILES string of the molecule is CCN1C(=O)C2CC=C3C(CC4(Cl)C(=O)N(c5ccc(F)cc5)C(=O)C4(Cl)C3c3ccc(OC)c(O)c3)C2C1=O. The second-order valence-electron chi connectivity index (χ2n) is 10.6. The molecule has 8 nitrogen and oxygen atoms in total. The lowest BCUT2D eigenvalue weighted by Crippen LogP contribution is -2.60. The molecule has 2 saturated heterocycles. The normalized spacial score (nSPS) is 33.1. The van der Waals surface area contributed by atoms with Crippen LogP contribution in [0.2, 0.25) is 0 Å². The van der Waals surface area contributed by atoms with Crippen molar-refractivity contribution in [1.29, 1.82) is 0 Å². The Bertz CT molecular complexity index is 1510. The lowest BCUT2D eigenvalue weighted by atomic mass is 9.56. The summed E-state index contributed by atoms with van der Waals surface area (Å²) in [6.45, 7) is 1.93. The van der Waals surface area contributed by atoms with Crippen LogP contribution >= 0.6 is 23.2 Å². The Hall–Kier alpha value is -3.43. The minimum Gasteiger partial charge on any atom is -0.504 e. The fourth-order valence-electron chi connectivity index (χ4n) is 7.04. The number of imide groups is 2. The van der Waals surface area contributed by atoms with Gasteiger partial charge in [0.25, 0.3) is 11.8 Å². The number of likely N-dealkylation sites (tertiary alicyclic amines) is 1. The summed E-state index contributed by atoms with van der Waals surface area (Å²) in [5, 5.41) is 10.7. The lowest BCUT2D eigenvalue weighted by molar-refractivity contribution is -0.140. The van der Waals surface area contributed by atoms with Gasteiger partial charge >= 0.3 is 0 Å². The first-order chi connectivity index (χ1) is 19.0. The van der Waals surface area contributed by atoms with E-state index in [9.17, 15) is 28.7 Å². The summed E-state index contributed by atoms with van der Waals surface area (Å²) < 4.78 is 18.9. The predicted octanol–water partition coefficient (Wildman–Crippen LogP) is 4.12. The van der Waals surface area contributed by atoms with E-state index in [-0.39, 0.29) is 48.4 Å². The number of ether oxygens (including phenoxy) is 1. The molecule has 1 saturated carbocycles. The fourth-order valence-corrected chi connectivity index (χ4v) is 7.97. The number of phenols is 1. The molecule has 6 rings (SSSR count). The van der Waals surface area contributed by atoms with Crippen LogP contribution in [0, 0.1) is 23.6 Å². The number of methoxy groups -OCH3 is 1. The molecular formula is C29H25Cl2FN2O6. The Kier molecular flexibility index (Phi) is 6.05. The number of aromatic hydroxyl groups is 1. The Morgan fingerprint density at radius 1 is 1.02 bits per heavy atom. The maximum absolute atomic E-state index is 14.2. The molecule has 11 heteroatoms. The third-order valence-corrected chi connectivity index (χ3v) is 10.3. The van der Waals surface area contributed by atoms with Gasteiger partial charge in [-0.2, -0.15) is 0 Å². The van der Waals surface area contributed by atoms with Crippen LogP contribution in [-0.2, 0) is 19.2 Å². The Morgan fingerprint density at radius 3 is 2.35 bits per heavy atom. The average Bonchev–Trinajstić information content (AvgIpc) is 3.26. The first-order valence-electron chi connectivity index (χ1n) is 12.9. The number of carbonyl (C=O) groups is 4. The Morgan fingerprint density at radius 2 is 1.73 bits per heavy atom. The molecule has 2 aliphatic heterocycles. The molecule has 2 aromatic rings. The van der Waals surface area contributed by atoms with Gasteiger partial charge in [-0.3, -0.25) is 24.1 Å². The Labute approximate surface area is 239 Å². The minimum atomic E-state index is -2.06. The third kappa shape index (κ3) is 3.31. The summed E-state index contributed by atoms with van der Waals surface area (Å²) >= 11 is 14.5. The highest BCUT2D eigenvalue weighted by atomic mass is 35.5. The van der Waals surface area contributed by atoms with Crippen LogP contribution in [-0.4, -0.2) is 57.0 Å². The summed E-state index contributed by atoms with van der Waals surface area (Å²) in [5.74, 6) is -5.91. The summed E-state index contributed by atoms with van der Waals surface area (Å²) in [6.07, 6.45) is 1.91. The average molecular weight is 587 g/mol. The number of halogens is 3. The van der Waals surface area contributed by atoms with Gasteiger partial charge in [0, 0.05) is 12.5 Å². The van der Waals surface area contributed by atoms with E-state index in [4.69, 9.17) is 27.9 Å². The first-order valence-corrected chi connectivity index (χ1v) is 13.7. The number of benzene rings is 2. The summed E-state index contributed by atoms with van der Waals surface area (Å²) in [7, 11) is 1.39. The van der Waals surface area contributed by atoms with Gasteiger partial charge in [0.15, 0.2) is 21.2 Å². The van der Waals surface area contributed by atoms with Gasteiger partial charge < -0.3 is 9.84 Å². The number of carbonyl (C=O) groups excluding carboxylic acids is 4. The van der Waals surface area contributed by atoms with Gasteiger partial charge in [-0.1, -0.05) is 17.7 Å². The van der Waals surface area contributed by atoms with Gasteiger partial charge in [-0.15, -0.1) is 23.2 Å². The molecule has 3 fully saturated rings. The number of hydrogen-bond donors (Lipinski definition) is 1. The summed E-state index contributed by atoms with van der Waals surface area (Å²) in [5.41, 5.74) is 1.10. The number of allylic oxidation sites excluding steroid dienone is 2. The van der Waals surface area contributed by atoms with Crippen LogP contribution in [0.4, 0.5) is 10.1 Å². The predicted molar refractivity (Wildman–Crippen MR) is 144 cm³/mol. The number of alkyl halides is 2. The molecule has 2 heterocycles. The molecule has 40 heavy (non-hydrogen) atoms. The van der Waals surface area contributed by atoms with Crippen molar-refractivity contribution < 1.29 is 33.4 Å². The van der Waals surface area contributed by atoms with Gasteiger partial charge in [-0.25, -0.2) is 9.29 Å². The van der Waals surface area contributed by atoms with Crippen LogP contribution in [0.5, 0.6) is 11.5 Å². The second-order valence-corrected chi connectivity index (χ2v) is 11.8. The standard InChI is InChI=1S/C29H25Cl2FN2O6/c1-3-33-24(36)18-10-9-17-19(22(18)25(33)37)13-28(30)26(38)34(16-7-5-15(32)6-8-16)27(39)29(28,31)23(17)14-4-11-21(40-2)20(35)12-14/h4-9,11-12,18-19,22-23,35H,3,10,13H2,1-2H3. The summed E-state index contributed by atoms with van der Waals surface area (Å²) in [4.78, 5) is 52.9. The largest absolute Gasteiger partial charge is 0.504 e. The highest BCUT2D eigenvalue weighted by Crippen LogP contribution is 2.66. The zero-order valence-corrected chi connectivity index (χ0v) is 23.1. The number of fused-ring (bicyclic) bond motifs is 4. The van der Waals surface area contributed by atoms with Crippen LogP contribution in [0.15, 0.2) is 54.1 Å². The van der Waals surface area contributed by atoms with Crippen molar-refractivity contribution in [3.05, 3.63) is 65.5 Å². The zero-order valence-electron chi connectivity index (χ0n) is 21.6. The van der Waals surface area contributed by atoms with Crippen molar-refractivity contribution in [2.75, 3.05) is 18.6 Å². The molecule has 2 aromatic carbocycles. The molecule has 0 radical (unpaired) electrons. The van der Waals surface area contributed by atoms with Gasteiger partial charge in [-0.05, 0) is 67.6 Å². The topological polar surface area (TPSA) is 104 Å². The van der Waals surface area contributed by atoms with E-state index in [0.717, 1.165) is 17.0 Å². The van der Waals surface area contributed by atoms with E-state index < -0.39 is 51.1 Å². The van der Waals surface area contributed by atoms with Crippen molar-refractivity contribution in [2.45, 2.75) is 35.4 Å². The number of rotatable bonds is 4. The smallest absolute Gasteiger partial charge is 0.258 e. The fraction of sp³-hybridized carbons (Fsp3) is 0.379. The molecule has 2 aliphatic carbocycles. The minimum absolute atomic E-state index is 0.0984. The van der Waals surface area contributed by atoms with E-state index in [2.05, 4.69) is 0 Å². The highest BCUT2D eigenvalue weighted by Gasteiger charge is 2.76. The second kappa shape index (κ2) is 9.04. The molecule has 0 bridgehead atoms. The molecule has 6 unspecified atom stereocenters. The van der Waals surface area contributed by atoms with Gasteiger partial charge in [0.2, 0.25) is 11.8 Å². The number of hydrogen-bond acceptors (Lipinski definition) is 6. The number of amides is 4. The lowest BCUT2D eigenvalue weighted by Gasteiger charge is -2.50. The van der Waals surface area contributed by atoms with Gasteiger partial charge in [0.1, 0.15) is 5.82 Å². The van der Waals surface area contributed by atoms with Crippen LogP contribution in [0.1, 0.15) is 31.2 Å². The highest BCUT2D eigenvalue weighted by molar-refractivity contribution is 6.58.